The number of pyridine rings is 1. The van der Waals surface area contributed by atoms with Gasteiger partial charge in [0.25, 0.3) is 5.91 Å². The number of nitrogens with one attached hydrogen (secondary N) is 1. The van der Waals surface area contributed by atoms with E-state index in [1.54, 1.807) is 12.3 Å². The molecule has 1 amide bonds. The molecule has 0 aliphatic rings. The third kappa shape index (κ3) is 5.10. The number of aromatic nitrogens is 4. The second-order valence-corrected chi connectivity index (χ2v) is 7.47. The molecule has 0 saturated heterocycles. The summed E-state index contributed by atoms with van der Waals surface area (Å²) in [4.78, 5) is 25.3. The quantitative estimate of drug-likeness (QED) is 0.560. The Balaban J connectivity index is 1.97. The summed E-state index contributed by atoms with van der Waals surface area (Å²) in [5.74, 6) is 0.726. The van der Waals surface area contributed by atoms with Crippen LogP contribution in [0.3, 0.4) is 0 Å². The lowest BCUT2D eigenvalue weighted by molar-refractivity contribution is 0.102. The highest BCUT2D eigenvalue weighted by molar-refractivity contribution is 6.03. The summed E-state index contributed by atoms with van der Waals surface area (Å²) < 4.78 is 7.91. The van der Waals surface area contributed by atoms with E-state index >= 15 is 0 Å². The molecule has 3 heterocycles. The number of hydrogen-bond donors (Lipinski definition) is 1. The summed E-state index contributed by atoms with van der Waals surface area (Å²) in [5.41, 5.74) is 2.78. The van der Waals surface area contributed by atoms with Gasteiger partial charge < -0.3 is 14.5 Å². The van der Waals surface area contributed by atoms with Gasteiger partial charge >= 0.3 is 0 Å². The van der Waals surface area contributed by atoms with E-state index in [0.717, 1.165) is 37.0 Å². The van der Waals surface area contributed by atoms with Crippen molar-refractivity contribution in [2.75, 3.05) is 5.32 Å². The standard InChI is InChI=1S/C22H29N5O2/c1-5-7-16(8-6-2)18-12-27-13-19(20(29-15(3)4)11-21(27)25-18)26-22(28)17-9-10-23-14-24-17/h9-16H,5-8H2,1-4H3,(H,26,28). The Bertz CT molecular complexity index is 946. The molecule has 7 nitrogen and oxygen atoms in total. The number of carbonyl (C=O) groups excluding carboxylic acids is 1. The van der Waals surface area contributed by atoms with E-state index in [9.17, 15) is 4.79 Å². The Labute approximate surface area is 171 Å². The first-order chi connectivity index (χ1) is 14.0. The molecule has 0 saturated carbocycles. The molecule has 29 heavy (non-hydrogen) atoms. The zero-order chi connectivity index (χ0) is 20.8. The number of carbonyl (C=O) groups is 1. The van der Waals surface area contributed by atoms with E-state index in [2.05, 4.69) is 35.3 Å². The normalized spacial score (nSPS) is 11.4. The van der Waals surface area contributed by atoms with E-state index in [0.29, 0.717) is 23.0 Å². The van der Waals surface area contributed by atoms with Gasteiger partial charge in [0.2, 0.25) is 0 Å². The third-order valence-electron chi connectivity index (χ3n) is 4.69. The second kappa shape index (κ2) is 9.49. The van der Waals surface area contributed by atoms with Crippen molar-refractivity contribution in [1.29, 1.82) is 0 Å². The lowest BCUT2D eigenvalue weighted by Gasteiger charge is -2.15. The largest absolute Gasteiger partial charge is 0.489 e. The van der Waals surface area contributed by atoms with Gasteiger partial charge in [0.15, 0.2) is 0 Å². The highest BCUT2D eigenvalue weighted by Crippen LogP contribution is 2.31. The summed E-state index contributed by atoms with van der Waals surface area (Å²) in [6, 6.07) is 3.46. The van der Waals surface area contributed by atoms with Crippen molar-refractivity contribution in [2.45, 2.75) is 65.4 Å². The number of imidazole rings is 1. The van der Waals surface area contributed by atoms with Crippen molar-refractivity contribution < 1.29 is 9.53 Å². The number of amides is 1. The SMILES string of the molecule is CCCC(CCC)c1cn2cc(NC(=O)c3ccncn3)c(OC(C)C)cc2n1. The molecule has 0 aliphatic carbocycles. The van der Waals surface area contributed by atoms with E-state index in [4.69, 9.17) is 9.72 Å². The first kappa shape index (κ1) is 20.8. The minimum Gasteiger partial charge on any atom is -0.489 e. The van der Waals surface area contributed by atoms with E-state index in [1.165, 1.54) is 6.33 Å². The first-order valence-electron chi connectivity index (χ1n) is 10.3. The van der Waals surface area contributed by atoms with Crippen molar-refractivity contribution in [3.05, 3.63) is 48.4 Å². The molecule has 0 atom stereocenters. The summed E-state index contributed by atoms with van der Waals surface area (Å²) in [7, 11) is 0. The van der Waals surface area contributed by atoms with Gasteiger partial charge in [-0.1, -0.05) is 26.7 Å². The highest BCUT2D eigenvalue weighted by atomic mass is 16.5. The number of fused-ring (bicyclic) bond motifs is 1. The molecule has 3 rings (SSSR count). The van der Waals surface area contributed by atoms with Crippen molar-refractivity contribution in [3.63, 3.8) is 0 Å². The molecule has 0 aliphatic heterocycles. The van der Waals surface area contributed by atoms with Gasteiger partial charge in [0.05, 0.1) is 11.8 Å². The van der Waals surface area contributed by atoms with E-state index in [-0.39, 0.29) is 12.0 Å². The minimum absolute atomic E-state index is 0.0329. The molecular weight excluding hydrogens is 366 g/mol. The lowest BCUT2D eigenvalue weighted by Crippen LogP contribution is -2.16. The summed E-state index contributed by atoms with van der Waals surface area (Å²) >= 11 is 0. The van der Waals surface area contributed by atoms with Crippen LogP contribution in [-0.4, -0.2) is 31.4 Å². The Kier molecular flexibility index (Phi) is 6.80. The highest BCUT2D eigenvalue weighted by Gasteiger charge is 2.18. The Morgan fingerprint density at radius 3 is 2.59 bits per heavy atom. The topological polar surface area (TPSA) is 81.4 Å². The number of rotatable bonds is 9. The monoisotopic (exact) mass is 395 g/mol. The lowest BCUT2D eigenvalue weighted by atomic mass is 9.95. The molecule has 0 aromatic carbocycles. The van der Waals surface area contributed by atoms with Crippen LogP contribution in [0.25, 0.3) is 5.65 Å². The van der Waals surface area contributed by atoms with E-state index < -0.39 is 0 Å². The molecule has 0 bridgehead atoms. The molecular formula is C22H29N5O2. The predicted octanol–water partition coefficient (Wildman–Crippen LogP) is 4.85. The predicted molar refractivity (Wildman–Crippen MR) is 113 cm³/mol. The summed E-state index contributed by atoms with van der Waals surface area (Å²) in [6.45, 7) is 8.31. The van der Waals surface area contributed by atoms with Crippen LogP contribution in [0.4, 0.5) is 5.69 Å². The maximum absolute atomic E-state index is 12.6. The average molecular weight is 396 g/mol. The molecule has 0 fully saturated rings. The Morgan fingerprint density at radius 1 is 1.21 bits per heavy atom. The number of anilines is 1. The smallest absolute Gasteiger partial charge is 0.274 e. The van der Waals surface area contributed by atoms with Crippen LogP contribution in [0.1, 0.15) is 75.5 Å². The van der Waals surface area contributed by atoms with E-state index in [1.807, 2.05) is 30.5 Å². The zero-order valence-electron chi connectivity index (χ0n) is 17.6. The molecule has 1 N–H and O–H groups in total. The minimum atomic E-state index is -0.310. The van der Waals surface area contributed by atoms with Gasteiger partial charge in [-0.15, -0.1) is 0 Å². The van der Waals surface area contributed by atoms with Crippen LogP contribution < -0.4 is 10.1 Å². The maximum Gasteiger partial charge on any atom is 0.274 e. The van der Waals surface area contributed by atoms with Crippen molar-refractivity contribution in [2.24, 2.45) is 0 Å². The molecule has 3 aromatic heterocycles. The number of hydrogen-bond acceptors (Lipinski definition) is 5. The van der Waals surface area contributed by atoms with Crippen LogP contribution in [0.5, 0.6) is 5.75 Å². The van der Waals surface area contributed by atoms with Gasteiger partial charge in [0.1, 0.15) is 29.1 Å². The third-order valence-corrected chi connectivity index (χ3v) is 4.69. The fraction of sp³-hybridized carbons (Fsp3) is 0.455. The fourth-order valence-corrected chi connectivity index (χ4v) is 3.43. The summed E-state index contributed by atoms with van der Waals surface area (Å²) in [6.07, 6.45) is 11.3. The van der Waals surface area contributed by atoms with Gasteiger partial charge in [-0.3, -0.25) is 4.79 Å². The van der Waals surface area contributed by atoms with Crippen LogP contribution in [0.2, 0.25) is 0 Å². The van der Waals surface area contributed by atoms with Crippen LogP contribution >= 0.6 is 0 Å². The molecule has 7 heteroatoms. The van der Waals surface area contributed by atoms with Crippen molar-refractivity contribution in [1.82, 2.24) is 19.4 Å². The maximum atomic E-state index is 12.6. The average Bonchev–Trinajstić information content (AvgIpc) is 3.11. The summed E-state index contributed by atoms with van der Waals surface area (Å²) in [5, 5.41) is 2.91. The molecule has 0 spiro atoms. The van der Waals surface area contributed by atoms with Gasteiger partial charge in [-0.25, -0.2) is 15.0 Å². The van der Waals surface area contributed by atoms with Crippen LogP contribution in [0.15, 0.2) is 37.1 Å². The van der Waals surface area contributed by atoms with Crippen LogP contribution in [-0.2, 0) is 0 Å². The van der Waals surface area contributed by atoms with Gasteiger partial charge in [-0.2, -0.15) is 0 Å². The van der Waals surface area contributed by atoms with Gasteiger partial charge in [-0.05, 0) is 32.8 Å². The molecule has 154 valence electrons. The fourth-order valence-electron chi connectivity index (χ4n) is 3.43. The van der Waals surface area contributed by atoms with Gasteiger partial charge in [0, 0.05) is 30.6 Å². The Hall–Kier alpha value is -2.96. The zero-order valence-corrected chi connectivity index (χ0v) is 17.6. The van der Waals surface area contributed by atoms with Crippen LogP contribution in [0, 0.1) is 0 Å². The number of ether oxygens (including phenoxy) is 1. The Morgan fingerprint density at radius 2 is 1.97 bits per heavy atom. The van der Waals surface area contributed by atoms with Crippen molar-refractivity contribution >= 4 is 17.2 Å². The second-order valence-electron chi connectivity index (χ2n) is 7.47. The molecule has 0 radical (unpaired) electrons. The molecule has 0 unspecified atom stereocenters. The molecule has 3 aromatic rings. The first-order valence-corrected chi connectivity index (χ1v) is 10.3. The van der Waals surface area contributed by atoms with Crippen molar-refractivity contribution in [3.8, 4) is 5.75 Å². The number of nitrogens with zero attached hydrogens (tertiary/aromatic N) is 4.